The van der Waals surface area contributed by atoms with Crippen LogP contribution in [0.5, 0.6) is 0 Å². The van der Waals surface area contributed by atoms with Gasteiger partial charge in [0.05, 0.1) is 0 Å². The minimum atomic E-state index is -0.440. The van der Waals surface area contributed by atoms with Gasteiger partial charge in [-0.05, 0) is 0 Å². The van der Waals surface area contributed by atoms with Crippen molar-refractivity contribution in [1.29, 1.82) is 0 Å². The van der Waals surface area contributed by atoms with Gasteiger partial charge in [0.2, 0.25) is 0 Å². The maximum atomic E-state index is 5.40. The summed E-state index contributed by atoms with van der Waals surface area (Å²) in [6.45, 7) is 3.51. The number of hydrogen-bond donors (Lipinski definition) is 0. The summed E-state index contributed by atoms with van der Waals surface area (Å²) < 4.78 is 1.09. The molecule has 0 aromatic rings. The van der Waals surface area contributed by atoms with Crippen molar-refractivity contribution >= 4 is 28.9 Å². The molecule has 2 radical (unpaired) electrons. The molecule has 2 nitrogen and oxygen atoms in total. The predicted octanol–water partition coefficient (Wildman–Crippen LogP) is -0.201. The minimum Gasteiger partial charge on any atom is -0.412 e. The Hall–Kier alpha value is 0.749. The van der Waals surface area contributed by atoms with Crippen LogP contribution < -0.4 is 0 Å². The van der Waals surface area contributed by atoms with E-state index in [-0.39, 0.29) is 11.0 Å². The van der Waals surface area contributed by atoms with Gasteiger partial charge in [0.25, 0.3) is 0 Å². The molecule has 0 aliphatic rings. The molecule has 0 amide bonds. The molecule has 0 saturated heterocycles. The van der Waals surface area contributed by atoms with Crippen molar-refractivity contribution < 1.29 is 11.0 Å². The Bertz CT molecular complexity index is 34.1. The summed E-state index contributed by atoms with van der Waals surface area (Å²) in [5.41, 5.74) is 0. The predicted molar refractivity (Wildman–Crippen MR) is 33.8 cm³/mol. The van der Waals surface area contributed by atoms with E-state index in [4.69, 9.17) is 8.92 Å². The Balaban J connectivity index is -0.0000000800. The van der Waals surface area contributed by atoms with Gasteiger partial charge in [0, 0.05) is 0 Å². The third-order valence-corrected chi connectivity index (χ3v) is 2.52. The van der Waals surface area contributed by atoms with Crippen molar-refractivity contribution in [3.8, 4) is 0 Å². The summed E-state index contributed by atoms with van der Waals surface area (Å²) in [6.07, 6.45) is 1.87. The van der Waals surface area contributed by atoms with Gasteiger partial charge in [-0.2, -0.15) is 0 Å². The molecule has 0 bridgehead atoms. The van der Waals surface area contributed by atoms with E-state index in [0.717, 1.165) is 4.44 Å². The zero-order valence-electron chi connectivity index (χ0n) is 3.87. The SMILES string of the molecule is C=C[CH2][Sn][Cl].O.O. The molecule has 0 fully saturated rings. The van der Waals surface area contributed by atoms with Crippen LogP contribution in [-0.4, -0.2) is 31.0 Å². The Kier molecular flexibility index (Phi) is 35.5. The van der Waals surface area contributed by atoms with E-state index in [1.54, 1.807) is 0 Å². The number of hydrogen-bond acceptors (Lipinski definition) is 0. The molecule has 0 rings (SSSR count). The first-order valence-electron chi connectivity index (χ1n) is 1.36. The summed E-state index contributed by atoms with van der Waals surface area (Å²) in [4.78, 5) is 0. The van der Waals surface area contributed by atoms with Gasteiger partial charge >= 0.3 is 46.0 Å². The molecule has 4 heteroatoms. The second kappa shape index (κ2) is 15.9. The van der Waals surface area contributed by atoms with E-state index in [9.17, 15) is 0 Å². The van der Waals surface area contributed by atoms with E-state index in [1.165, 1.54) is 0 Å². The van der Waals surface area contributed by atoms with Crippen LogP contribution in [-0.2, 0) is 0 Å². The van der Waals surface area contributed by atoms with Gasteiger partial charge in [-0.1, -0.05) is 0 Å². The van der Waals surface area contributed by atoms with Crippen molar-refractivity contribution in [2.75, 3.05) is 0 Å². The molecule has 0 atom stereocenters. The Morgan fingerprint density at radius 1 is 1.57 bits per heavy atom. The molecular formula is C3H9ClO2Sn. The molecule has 7 heavy (non-hydrogen) atoms. The van der Waals surface area contributed by atoms with Crippen molar-refractivity contribution in [3.63, 3.8) is 0 Å². The zero-order chi connectivity index (χ0) is 4.12. The first kappa shape index (κ1) is 15.7. The smallest absolute Gasteiger partial charge is 0.412 e. The van der Waals surface area contributed by atoms with Crippen molar-refractivity contribution in [1.82, 2.24) is 0 Å². The monoisotopic (exact) mass is 232 g/mol. The van der Waals surface area contributed by atoms with Crippen LogP contribution in [0.25, 0.3) is 0 Å². The van der Waals surface area contributed by atoms with Gasteiger partial charge in [-0.3, -0.25) is 0 Å². The molecule has 0 spiro atoms. The average molecular weight is 231 g/mol. The molecule has 0 aromatic carbocycles. The van der Waals surface area contributed by atoms with Crippen LogP contribution >= 0.6 is 8.92 Å². The second-order valence-corrected chi connectivity index (χ2v) is 4.35. The van der Waals surface area contributed by atoms with Crippen LogP contribution in [0.3, 0.4) is 0 Å². The quantitative estimate of drug-likeness (QED) is 0.467. The summed E-state index contributed by atoms with van der Waals surface area (Å²) in [7, 11) is 5.40. The van der Waals surface area contributed by atoms with Gasteiger partial charge in [0.1, 0.15) is 0 Å². The Morgan fingerprint density at radius 2 is 2.00 bits per heavy atom. The molecular weight excluding hydrogens is 222 g/mol. The van der Waals surface area contributed by atoms with Gasteiger partial charge in [0.15, 0.2) is 0 Å². The zero-order valence-corrected chi connectivity index (χ0v) is 7.48. The minimum absolute atomic E-state index is 0. The van der Waals surface area contributed by atoms with E-state index >= 15 is 0 Å². The van der Waals surface area contributed by atoms with Crippen LogP contribution in [0.1, 0.15) is 0 Å². The first-order valence-corrected chi connectivity index (χ1v) is 6.99. The Morgan fingerprint density at radius 3 is 2.00 bits per heavy atom. The van der Waals surface area contributed by atoms with E-state index in [2.05, 4.69) is 6.58 Å². The maximum absolute atomic E-state index is 5.40. The maximum Gasteiger partial charge on any atom is -0.412 e. The third-order valence-electron chi connectivity index (χ3n) is 0.221. The molecule has 4 N–H and O–H groups in total. The summed E-state index contributed by atoms with van der Waals surface area (Å²) in [6, 6.07) is 0. The van der Waals surface area contributed by atoms with Crippen LogP contribution in [0, 0.1) is 0 Å². The fourth-order valence-electron chi connectivity index (χ4n) is 0.0546. The van der Waals surface area contributed by atoms with Crippen LogP contribution in [0.2, 0.25) is 4.44 Å². The van der Waals surface area contributed by atoms with Crippen LogP contribution in [0.4, 0.5) is 0 Å². The van der Waals surface area contributed by atoms with Crippen molar-refractivity contribution in [2.24, 2.45) is 0 Å². The molecule has 0 heterocycles. The van der Waals surface area contributed by atoms with Crippen molar-refractivity contribution in [3.05, 3.63) is 12.7 Å². The van der Waals surface area contributed by atoms with E-state index < -0.39 is 20.0 Å². The molecule has 0 aliphatic heterocycles. The van der Waals surface area contributed by atoms with Gasteiger partial charge in [-0.15, -0.1) is 0 Å². The summed E-state index contributed by atoms with van der Waals surface area (Å²) in [5.74, 6) is 0. The fraction of sp³-hybridized carbons (Fsp3) is 0.333. The van der Waals surface area contributed by atoms with E-state index in [0.29, 0.717) is 0 Å². The molecule has 0 aromatic heterocycles. The summed E-state index contributed by atoms with van der Waals surface area (Å²) in [5, 5.41) is 0. The molecule has 44 valence electrons. The van der Waals surface area contributed by atoms with Gasteiger partial charge in [-0.25, -0.2) is 0 Å². The second-order valence-electron chi connectivity index (χ2n) is 0.626. The fourth-order valence-corrected chi connectivity index (χ4v) is 1.10. The number of rotatable bonds is 2. The van der Waals surface area contributed by atoms with Crippen molar-refractivity contribution in [2.45, 2.75) is 4.44 Å². The number of allylic oxidation sites excluding steroid dienone is 1. The molecule has 0 aliphatic carbocycles. The first-order chi connectivity index (χ1) is 2.41. The standard InChI is InChI=1S/C3H5.ClH.2H2O.Sn/c1-3-2;;;;/h3H,1-2H2;1H;2*1H2;/q;;;;+1/p-1. The normalized spacial score (nSPS) is 5.29. The summed E-state index contributed by atoms with van der Waals surface area (Å²) >= 11 is -0.440. The topological polar surface area (TPSA) is 63.0 Å². The number of halogens is 1. The van der Waals surface area contributed by atoms with E-state index in [1.807, 2.05) is 6.08 Å². The largest absolute Gasteiger partial charge is 0.412 e. The van der Waals surface area contributed by atoms with Crippen LogP contribution in [0.15, 0.2) is 12.7 Å². The third kappa shape index (κ3) is 20.1. The average Bonchev–Trinajstić information content (AvgIpc) is 1.41. The molecule has 0 unspecified atom stereocenters. The Labute approximate surface area is 57.1 Å². The molecule has 0 saturated carbocycles. The van der Waals surface area contributed by atoms with Gasteiger partial charge < -0.3 is 11.0 Å².